The lowest BCUT2D eigenvalue weighted by atomic mass is 9.90. The molecule has 0 saturated carbocycles. The summed E-state index contributed by atoms with van der Waals surface area (Å²) in [6, 6.07) is 5.03. The highest BCUT2D eigenvalue weighted by Crippen LogP contribution is 2.41. The van der Waals surface area contributed by atoms with E-state index in [1.54, 1.807) is 7.11 Å². The lowest BCUT2D eigenvalue weighted by Crippen LogP contribution is -2.34. The number of nitrogens with zero attached hydrogens (tertiary/aromatic N) is 4. The van der Waals surface area contributed by atoms with Crippen LogP contribution < -0.4 is 4.90 Å². The smallest absolute Gasteiger partial charge is 0.165 e. The summed E-state index contributed by atoms with van der Waals surface area (Å²) < 4.78 is 7.88. The standard InChI is InChI=1S/C26H36N4O/c1-9-20(10-2)29-12-11-21-17(5)27-25-24(18(6)28-30(25)26(21)29)23-16(4)13-15(3)14-22(23)19(7)31-8/h13-14,19-20H,9-12H2,1-8H3. The molecule has 31 heavy (non-hydrogen) atoms. The van der Waals surface area contributed by atoms with Gasteiger partial charge in [-0.05, 0) is 70.6 Å². The molecule has 2 aromatic heterocycles. The summed E-state index contributed by atoms with van der Waals surface area (Å²) in [4.78, 5) is 7.68. The first-order chi connectivity index (χ1) is 14.8. The van der Waals surface area contributed by atoms with E-state index in [2.05, 4.69) is 70.0 Å². The Balaban J connectivity index is 2.03. The molecule has 1 unspecified atom stereocenters. The molecule has 0 saturated heterocycles. The van der Waals surface area contributed by atoms with Gasteiger partial charge in [0.1, 0.15) is 5.82 Å². The maximum absolute atomic E-state index is 5.76. The van der Waals surface area contributed by atoms with E-state index in [1.165, 1.54) is 33.6 Å². The predicted molar refractivity (Wildman–Crippen MR) is 128 cm³/mol. The molecule has 0 N–H and O–H groups in total. The Labute approximate surface area is 186 Å². The Morgan fingerprint density at radius 1 is 1.03 bits per heavy atom. The lowest BCUT2D eigenvalue weighted by Gasteiger charge is -2.28. The Morgan fingerprint density at radius 3 is 2.39 bits per heavy atom. The molecular formula is C26H36N4O. The molecule has 5 heteroatoms. The van der Waals surface area contributed by atoms with Gasteiger partial charge in [-0.1, -0.05) is 31.5 Å². The van der Waals surface area contributed by atoms with E-state index >= 15 is 0 Å². The average Bonchev–Trinajstić information content (AvgIpc) is 3.30. The van der Waals surface area contributed by atoms with Gasteiger partial charge in [0.25, 0.3) is 0 Å². The van der Waals surface area contributed by atoms with Gasteiger partial charge in [-0.3, -0.25) is 0 Å². The minimum Gasteiger partial charge on any atom is -0.377 e. The quantitative estimate of drug-likeness (QED) is 0.499. The fraction of sp³-hybridized carbons (Fsp3) is 0.538. The van der Waals surface area contributed by atoms with Crippen LogP contribution in [0.25, 0.3) is 16.8 Å². The second kappa shape index (κ2) is 8.27. The fourth-order valence-electron chi connectivity index (χ4n) is 5.38. The maximum Gasteiger partial charge on any atom is 0.165 e. The molecule has 1 aliphatic rings. The van der Waals surface area contributed by atoms with Gasteiger partial charge in [0, 0.05) is 31.0 Å². The fourth-order valence-corrected chi connectivity index (χ4v) is 5.38. The van der Waals surface area contributed by atoms with E-state index in [0.29, 0.717) is 6.04 Å². The van der Waals surface area contributed by atoms with Crippen LogP contribution in [0.5, 0.6) is 0 Å². The van der Waals surface area contributed by atoms with Gasteiger partial charge in [-0.2, -0.15) is 9.61 Å². The van der Waals surface area contributed by atoms with Crippen LogP contribution in [-0.2, 0) is 11.2 Å². The maximum atomic E-state index is 5.76. The van der Waals surface area contributed by atoms with Crippen LogP contribution in [0.4, 0.5) is 5.82 Å². The number of ether oxygens (including phenoxy) is 1. The molecule has 0 radical (unpaired) electrons. The van der Waals surface area contributed by atoms with Crippen molar-refractivity contribution in [3.63, 3.8) is 0 Å². The molecule has 0 bridgehead atoms. The second-order valence-corrected chi connectivity index (χ2v) is 9.03. The Kier molecular flexibility index (Phi) is 5.82. The molecule has 1 aromatic carbocycles. The first-order valence-corrected chi connectivity index (χ1v) is 11.6. The number of anilines is 1. The second-order valence-electron chi connectivity index (χ2n) is 9.03. The normalized spacial score (nSPS) is 14.7. The summed E-state index contributed by atoms with van der Waals surface area (Å²) in [5.74, 6) is 1.25. The predicted octanol–water partition coefficient (Wildman–Crippen LogP) is 5.89. The summed E-state index contributed by atoms with van der Waals surface area (Å²) in [6.45, 7) is 16.3. The van der Waals surface area contributed by atoms with Crippen LogP contribution in [0.15, 0.2) is 12.1 Å². The van der Waals surface area contributed by atoms with E-state index in [4.69, 9.17) is 14.8 Å². The molecule has 0 amide bonds. The number of fused-ring (bicyclic) bond motifs is 3. The summed E-state index contributed by atoms with van der Waals surface area (Å²) in [5.41, 5.74) is 10.5. The van der Waals surface area contributed by atoms with Gasteiger partial charge in [-0.15, -0.1) is 0 Å². The number of rotatable bonds is 6. The number of methoxy groups -OCH3 is 1. The highest BCUT2D eigenvalue weighted by Gasteiger charge is 2.31. The number of aromatic nitrogens is 3. The monoisotopic (exact) mass is 420 g/mol. The first-order valence-electron chi connectivity index (χ1n) is 11.6. The number of aryl methyl sites for hydroxylation is 4. The van der Waals surface area contributed by atoms with Crippen LogP contribution in [0.1, 0.15) is 73.4 Å². The van der Waals surface area contributed by atoms with Crippen LogP contribution >= 0.6 is 0 Å². The number of hydrogen-bond donors (Lipinski definition) is 0. The van der Waals surface area contributed by atoms with Crippen molar-refractivity contribution in [3.8, 4) is 11.1 Å². The number of hydrogen-bond acceptors (Lipinski definition) is 4. The van der Waals surface area contributed by atoms with E-state index in [0.717, 1.165) is 48.4 Å². The summed E-state index contributed by atoms with van der Waals surface area (Å²) >= 11 is 0. The molecular weight excluding hydrogens is 384 g/mol. The van der Waals surface area contributed by atoms with E-state index in [9.17, 15) is 0 Å². The molecule has 1 aliphatic heterocycles. The van der Waals surface area contributed by atoms with Gasteiger partial charge in [0.05, 0.1) is 17.4 Å². The van der Waals surface area contributed by atoms with Gasteiger partial charge < -0.3 is 9.64 Å². The zero-order valence-electron chi connectivity index (χ0n) is 20.3. The van der Waals surface area contributed by atoms with E-state index in [1.807, 2.05) is 0 Å². The number of benzene rings is 1. The van der Waals surface area contributed by atoms with Gasteiger partial charge in [-0.25, -0.2) is 4.98 Å². The minimum atomic E-state index is -0.000430. The Morgan fingerprint density at radius 2 is 1.74 bits per heavy atom. The van der Waals surface area contributed by atoms with Crippen molar-refractivity contribution in [2.75, 3.05) is 18.6 Å². The van der Waals surface area contributed by atoms with Crippen molar-refractivity contribution in [2.45, 2.75) is 79.9 Å². The SMILES string of the molecule is CCC(CC)N1CCc2c(C)nc3c(-c4c(C)cc(C)cc4C(C)OC)c(C)nn3c21. The lowest BCUT2D eigenvalue weighted by molar-refractivity contribution is 0.120. The molecule has 0 aliphatic carbocycles. The molecule has 0 fully saturated rings. The molecule has 3 heterocycles. The Bertz CT molecular complexity index is 1130. The van der Waals surface area contributed by atoms with Crippen LogP contribution in [-0.4, -0.2) is 34.3 Å². The van der Waals surface area contributed by atoms with Gasteiger partial charge >= 0.3 is 0 Å². The van der Waals surface area contributed by atoms with Crippen molar-refractivity contribution in [3.05, 3.63) is 45.8 Å². The van der Waals surface area contributed by atoms with Crippen molar-refractivity contribution in [2.24, 2.45) is 0 Å². The van der Waals surface area contributed by atoms with Crippen LogP contribution in [0, 0.1) is 27.7 Å². The summed E-state index contributed by atoms with van der Waals surface area (Å²) in [6.07, 6.45) is 3.32. The third-order valence-electron chi connectivity index (χ3n) is 7.03. The van der Waals surface area contributed by atoms with Crippen LogP contribution in [0.3, 0.4) is 0 Å². The van der Waals surface area contributed by atoms with Gasteiger partial charge in [0.2, 0.25) is 0 Å². The molecule has 4 rings (SSSR count). The highest BCUT2D eigenvalue weighted by molar-refractivity contribution is 5.86. The molecule has 5 nitrogen and oxygen atoms in total. The molecule has 166 valence electrons. The summed E-state index contributed by atoms with van der Waals surface area (Å²) in [5, 5.41) is 5.06. The highest BCUT2D eigenvalue weighted by atomic mass is 16.5. The van der Waals surface area contributed by atoms with E-state index < -0.39 is 0 Å². The minimum absolute atomic E-state index is 0.000430. The molecule has 3 aromatic rings. The van der Waals surface area contributed by atoms with E-state index in [-0.39, 0.29) is 6.10 Å². The van der Waals surface area contributed by atoms with Crippen LogP contribution in [0.2, 0.25) is 0 Å². The zero-order chi connectivity index (χ0) is 22.4. The first kappa shape index (κ1) is 21.8. The largest absolute Gasteiger partial charge is 0.377 e. The van der Waals surface area contributed by atoms with Crippen molar-refractivity contribution in [1.29, 1.82) is 0 Å². The summed E-state index contributed by atoms with van der Waals surface area (Å²) in [7, 11) is 1.78. The van der Waals surface area contributed by atoms with Crippen molar-refractivity contribution >= 4 is 11.5 Å². The zero-order valence-corrected chi connectivity index (χ0v) is 20.3. The molecule has 1 atom stereocenters. The average molecular weight is 421 g/mol. The van der Waals surface area contributed by atoms with Crippen molar-refractivity contribution in [1.82, 2.24) is 14.6 Å². The van der Waals surface area contributed by atoms with Gasteiger partial charge in [0.15, 0.2) is 5.65 Å². The third kappa shape index (κ3) is 3.43. The van der Waals surface area contributed by atoms with Crippen molar-refractivity contribution < 1.29 is 4.74 Å². The Hall–Kier alpha value is -2.40. The molecule has 0 spiro atoms. The third-order valence-corrected chi connectivity index (χ3v) is 7.03. The topological polar surface area (TPSA) is 42.7 Å².